The largest absolute Gasteiger partial charge is 0.367 e. The fourth-order valence-electron chi connectivity index (χ4n) is 5.00. The highest BCUT2D eigenvalue weighted by molar-refractivity contribution is 7.98. The molecule has 0 radical (unpaired) electrons. The Labute approximate surface area is 163 Å². The van der Waals surface area contributed by atoms with Crippen LogP contribution in [0.4, 0.5) is 10.1 Å². The number of nitrogens with one attached hydrogen (secondary N) is 1. The van der Waals surface area contributed by atoms with E-state index in [4.69, 9.17) is 0 Å². The number of fused-ring (bicyclic) bond motifs is 3. The molecule has 0 saturated carbocycles. The average Bonchev–Trinajstić information content (AvgIpc) is 2.83. The van der Waals surface area contributed by atoms with Crippen LogP contribution in [0.3, 0.4) is 0 Å². The SMILES string of the molecule is CC(=O)c1cc(F)ccc1-c1cc2c3c(c1)[C@@H]1CNCC[C@@H]1N3CCSC2. The summed E-state index contributed by atoms with van der Waals surface area (Å²) in [5, 5.41) is 3.56. The molecule has 2 aromatic carbocycles. The van der Waals surface area contributed by atoms with Crippen LogP contribution in [-0.4, -0.2) is 37.2 Å². The number of carbonyl (C=O) groups excluding carboxylic acids is 1. The lowest BCUT2D eigenvalue weighted by Gasteiger charge is -2.33. The van der Waals surface area contributed by atoms with Gasteiger partial charge in [0.15, 0.2) is 5.78 Å². The molecule has 0 unspecified atom stereocenters. The van der Waals surface area contributed by atoms with E-state index in [2.05, 4.69) is 22.3 Å². The third-order valence-electron chi connectivity index (χ3n) is 6.16. The second-order valence-corrected chi connectivity index (χ2v) is 8.84. The highest BCUT2D eigenvalue weighted by Gasteiger charge is 2.41. The van der Waals surface area contributed by atoms with Gasteiger partial charge in [-0.05, 0) is 66.4 Å². The number of anilines is 1. The summed E-state index contributed by atoms with van der Waals surface area (Å²) in [6.45, 7) is 4.71. The quantitative estimate of drug-likeness (QED) is 0.789. The Kier molecular flexibility index (Phi) is 4.25. The normalized spacial score (nSPS) is 23.6. The summed E-state index contributed by atoms with van der Waals surface area (Å²) in [5.74, 6) is 2.19. The maximum absolute atomic E-state index is 13.8. The summed E-state index contributed by atoms with van der Waals surface area (Å²) < 4.78 is 13.8. The van der Waals surface area contributed by atoms with Crippen molar-refractivity contribution in [2.75, 3.05) is 30.3 Å². The Hall–Kier alpha value is -1.85. The van der Waals surface area contributed by atoms with Crippen LogP contribution in [0.15, 0.2) is 30.3 Å². The van der Waals surface area contributed by atoms with Gasteiger partial charge in [0.25, 0.3) is 0 Å². The van der Waals surface area contributed by atoms with Gasteiger partial charge in [-0.3, -0.25) is 4.79 Å². The summed E-state index contributed by atoms with van der Waals surface area (Å²) in [6.07, 6.45) is 1.17. The minimum absolute atomic E-state index is 0.0934. The number of piperidine rings is 1. The molecule has 1 fully saturated rings. The lowest BCUT2D eigenvalue weighted by Crippen LogP contribution is -2.44. The van der Waals surface area contributed by atoms with Crippen LogP contribution in [-0.2, 0) is 5.75 Å². The lowest BCUT2D eigenvalue weighted by atomic mass is 9.87. The maximum atomic E-state index is 13.8. The minimum Gasteiger partial charge on any atom is -0.367 e. The number of Topliss-reactive ketones (excluding diaryl/α,β-unsaturated/α-hetero) is 1. The topological polar surface area (TPSA) is 32.3 Å². The highest BCUT2D eigenvalue weighted by Crippen LogP contribution is 2.49. The first-order valence-corrected chi connectivity index (χ1v) is 10.8. The number of thioether (sulfide) groups is 1. The Morgan fingerprint density at radius 1 is 1.30 bits per heavy atom. The van der Waals surface area contributed by atoms with Crippen molar-refractivity contribution in [2.45, 2.75) is 31.1 Å². The van der Waals surface area contributed by atoms with Gasteiger partial charge in [-0.15, -0.1) is 0 Å². The van der Waals surface area contributed by atoms with E-state index in [-0.39, 0.29) is 11.6 Å². The summed E-state index contributed by atoms with van der Waals surface area (Å²) in [4.78, 5) is 14.8. The van der Waals surface area contributed by atoms with Crippen LogP contribution in [0, 0.1) is 5.82 Å². The highest BCUT2D eigenvalue weighted by atomic mass is 32.2. The van der Waals surface area contributed by atoms with Gasteiger partial charge in [0, 0.05) is 47.8 Å². The van der Waals surface area contributed by atoms with Crippen LogP contribution < -0.4 is 10.2 Å². The van der Waals surface area contributed by atoms with Crippen molar-refractivity contribution in [3.8, 4) is 11.1 Å². The molecule has 3 aliphatic rings. The molecule has 3 nitrogen and oxygen atoms in total. The Bertz CT molecular complexity index is 929. The molecule has 0 amide bonds. The van der Waals surface area contributed by atoms with Crippen molar-refractivity contribution < 1.29 is 9.18 Å². The number of benzene rings is 2. The van der Waals surface area contributed by atoms with Crippen molar-refractivity contribution >= 4 is 23.2 Å². The standard InChI is InChI=1S/C22H23FN2OS/c1-13(26)18-10-16(23)2-3-17(18)14-8-15-12-27-7-6-25-21-4-5-24-11-20(21)19(9-14)22(15)25/h2-3,8-10,20-21,24H,4-7,11-12H2,1H3/t20-,21-/m0/s1. The summed E-state index contributed by atoms with van der Waals surface area (Å²) in [6, 6.07) is 9.66. The van der Waals surface area contributed by atoms with Crippen LogP contribution in [0.25, 0.3) is 11.1 Å². The van der Waals surface area contributed by atoms with Crippen molar-refractivity contribution in [3.05, 3.63) is 52.8 Å². The summed E-state index contributed by atoms with van der Waals surface area (Å²) in [7, 11) is 0. The van der Waals surface area contributed by atoms with Gasteiger partial charge in [0.05, 0.1) is 0 Å². The van der Waals surface area contributed by atoms with E-state index >= 15 is 0 Å². The molecule has 140 valence electrons. The third-order valence-corrected chi connectivity index (χ3v) is 7.14. The Balaban J connectivity index is 1.70. The molecule has 2 atom stereocenters. The minimum atomic E-state index is -0.360. The molecule has 0 bridgehead atoms. The van der Waals surface area contributed by atoms with Crippen molar-refractivity contribution in [2.24, 2.45) is 0 Å². The number of hydrogen-bond acceptors (Lipinski definition) is 4. The second kappa shape index (κ2) is 6.64. The van der Waals surface area contributed by atoms with Crippen LogP contribution >= 0.6 is 11.8 Å². The Morgan fingerprint density at radius 3 is 3.04 bits per heavy atom. The monoisotopic (exact) mass is 382 g/mol. The molecule has 3 heterocycles. The third kappa shape index (κ3) is 2.79. The van der Waals surface area contributed by atoms with Crippen LogP contribution in [0.1, 0.15) is 40.7 Å². The number of carbonyl (C=O) groups is 1. The fourth-order valence-corrected chi connectivity index (χ4v) is 5.91. The van der Waals surface area contributed by atoms with Crippen LogP contribution in [0.5, 0.6) is 0 Å². The predicted molar refractivity (Wildman–Crippen MR) is 109 cm³/mol. The Morgan fingerprint density at radius 2 is 2.19 bits per heavy atom. The van der Waals surface area contributed by atoms with E-state index < -0.39 is 0 Å². The van der Waals surface area contributed by atoms with Gasteiger partial charge in [0.1, 0.15) is 5.82 Å². The zero-order valence-corrected chi connectivity index (χ0v) is 16.2. The molecule has 0 aromatic heterocycles. The number of ketones is 1. The lowest BCUT2D eigenvalue weighted by molar-refractivity contribution is 0.101. The molecular formula is C22H23FN2OS. The summed E-state index contributed by atoms with van der Waals surface area (Å²) >= 11 is 1.98. The summed E-state index contributed by atoms with van der Waals surface area (Å²) in [5.41, 5.74) is 6.54. The van der Waals surface area contributed by atoms with Crippen molar-refractivity contribution in [1.29, 1.82) is 0 Å². The van der Waals surface area contributed by atoms with E-state index in [9.17, 15) is 9.18 Å². The molecule has 27 heavy (non-hydrogen) atoms. The van der Waals surface area contributed by atoms with Gasteiger partial charge < -0.3 is 10.2 Å². The van der Waals surface area contributed by atoms with Gasteiger partial charge in [-0.2, -0.15) is 11.8 Å². The molecule has 5 rings (SSSR count). The molecule has 2 aromatic rings. The number of rotatable bonds is 2. The first kappa shape index (κ1) is 17.3. The molecule has 0 aliphatic carbocycles. The smallest absolute Gasteiger partial charge is 0.160 e. The zero-order chi connectivity index (χ0) is 18.5. The first-order valence-electron chi connectivity index (χ1n) is 9.66. The van der Waals surface area contributed by atoms with E-state index in [0.717, 1.165) is 42.3 Å². The van der Waals surface area contributed by atoms with Gasteiger partial charge in [-0.1, -0.05) is 6.07 Å². The van der Waals surface area contributed by atoms with E-state index in [0.29, 0.717) is 17.5 Å². The van der Waals surface area contributed by atoms with Gasteiger partial charge >= 0.3 is 0 Å². The van der Waals surface area contributed by atoms with Crippen LogP contribution in [0.2, 0.25) is 0 Å². The van der Waals surface area contributed by atoms with E-state index in [1.54, 1.807) is 6.07 Å². The van der Waals surface area contributed by atoms with E-state index in [1.807, 2.05) is 11.8 Å². The molecule has 0 spiro atoms. The molecule has 5 heteroatoms. The molecule has 1 N–H and O–H groups in total. The predicted octanol–water partition coefficient (Wildman–Crippen LogP) is 4.21. The molecular weight excluding hydrogens is 359 g/mol. The maximum Gasteiger partial charge on any atom is 0.160 e. The van der Waals surface area contributed by atoms with Gasteiger partial charge in [-0.25, -0.2) is 4.39 Å². The van der Waals surface area contributed by atoms with Gasteiger partial charge in [0.2, 0.25) is 0 Å². The average molecular weight is 383 g/mol. The zero-order valence-electron chi connectivity index (χ0n) is 15.4. The second-order valence-electron chi connectivity index (χ2n) is 7.73. The fraction of sp³-hybridized carbons (Fsp3) is 0.409. The van der Waals surface area contributed by atoms with E-state index in [1.165, 1.54) is 42.3 Å². The molecule has 3 aliphatic heterocycles. The van der Waals surface area contributed by atoms with Crippen molar-refractivity contribution in [3.63, 3.8) is 0 Å². The number of nitrogens with zero attached hydrogens (tertiary/aromatic N) is 1. The number of hydrogen-bond donors (Lipinski definition) is 1. The first-order chi connectivity index (χ1) is 13.1. The molecule has 1 saturated heterocycles. The number of halogens is 1. The van der Waals surface area contributed by atoms with Crippen molar-refractivity contribution in [1.82, 2.24) is 5.32 Å².